The number of likely N-dealkylation sites (tertiary alicyclic amines) is 1. The number of piperidine rings is 1. The molecule has 1 amide bonds. The van der Waals surface area contributed by atoms with Gasteiger partial charge < -0.3 is 14.8 Å². The minimum atomic E-state index is 0. The summed E-state index contributed by atoms with van der Waals surface area (Å²) in [7, 11) is 0. The van der Waals surface area contributed by atoms with E-state index in [1.807, 2.05) is 0 Å². The van der Waals surface area contributed by atoms with E-state index in [-0.39, 0.29) is 18.3 Å². The van der Waals surface area contributed by atoms with Gasteiger partial charge >= 0.3 is 0 Å². The molecule has 2 aromatic rings. The summed E-state index contributed by atoms with van der Waals surface area (Å²) in [5, 5.41) is 14.3. The number of hydrogen-bond acceptors (Lipinski definition) is 5. The number of hydrogen-bond donors (Lipinski definition) is 1. The van der Waals surface area contributed by atoms with Gasteiger partial charge in [0.05, 0.1) is 12.1 Å². The lowest BCUT2D eigenvalue weighted by atomic mass is 9.88. The Hall–Kier alpha value is -1.44. The Labute approximate surface area is 176 Å². The van der Waals surface area contributed by atoms with E-state index in [9.17, 15) is 4.79 Å². The molecule has 8 heteroatoms. The zero-order chi connectivity index (χ0) is 18.4. The third kappa shape index (κ3) is 3.48. The first kappa shape index (κ1) is 19.9. The van der Waals surface area contributed by atoms with Crippen LogP contribution in [0.2, 0.25) is 0 Å². The van der Waals surface area contributed by atoms with Crippen LogP contribution in [0.3, 0.4) is 0 Å². The Morgan fingerprint density at radius 1 is 1.21 bits per heavy atom. The number of aromatic nitrogens is 3. The molecular weight excluding hydrogens is 394 g/mol. The van der Waals surface area contributed by atoms with Gasteiger partial charge in [0.2, 0.25) is 0 Å². The van der Waals surface area contributed by atoms with Crippen molar-refractivity contribution in [2.75, 3.05) is 19.6 Å². The monoisotopic (exact) mass is 421 g/mol. The zero-order valence-corrected chi connectivity index (χ0v) is 17.9. The fourth-order valence-corrected chi connectivity index (χ4v) is 6.02. The van der Waals surface area contributed by atoms with E-state index in [0.717, 1.165) is 81.5 Å². The summed E-state index contributed by atoms with van der Waals surface area (Å²) < 4.78 is 2.29. The molecular formula is C20H28ClN5OS. The molecule has 1 aliphatic carbocycles. The lowest BCUT2D eigenvalue weighted by Crippen LogP contribution is -2.39. The van der Waals surface area contributed by atoms with Crippen LogP contribution in [0.4, 0.5) is 0 Å². The Morgan fingerprint density at radius 2 is 2.04 bits per heavy atom. The molecule has 1 fully saturated rings. The van der Waals surface area contributed by atoms with E-state index in [2.05, 4.69) is 37.3 Å². The second kappa shape index (κ2) is 8.13. The zero-order valence-electron chi connectivity index (χ0n) is 16.3. The summed E-state index contributed by atoms with van der Waals surface area (Å²) in [5.74, 6) is 3.59. The predicted octanol–water partition coefficient (Wildman–Crippen LogP) is 3.01. The van der Waals surface area contributed by atoms with Crippen molar-refractivity contribution in [1.29, 1.82) is 0 Å². The molecule has 0 saturated carbocycles. The van der Waals surface area contributed by atoms with Gasteiger partial charge in [-0.2, -0.15) is 0 Å². The van der Waals surface area contributed by atoms with E-state index in [0.29, 0.717) is 5.92 Å². The van der Waals surface area contributed by atoms with Crippen LogP contribution in [0.5, 0.6) is 0 Å². The highest BCUT2D eigenvalue weighted by Gasteiger charge is 2.31. The van der Waals surface area contributed by atoms with Crippen LogP contribution in [0.25, 0.3) is 0 Å². The summed E-state index contributed by atoms with van der Waals surface area (Å²) in [5.41, 5.74) is 2.32. The molecule has 0 bridgehead atoms. The van der Waals surface area contributed by atoms with Gasteiger partial charge in [-0.15, -0.1) is 33.9 Å². The number of fused-ring (bicyclic) bond motifs is 2. The number of carbonyl (C=O) groups is 1. The highest BCUT2D eigenvalue weighted by Crippen LogP contribution is 2.35. The predicted molar refractivity (Wildman–Crippen MR) is 112 cm³/mol. The van der Waals surface area contributed by atoms with Crippen molar-refractivity contribution in [3.63, 3.8) is 0 Å². The first-order valence-electron chi connectivity index (χ1n) is 10.2. The van der Waals surface area contributed by atoms with Crippen molar-refractivity contribution in [2.24, 2.45) is 5.92 Å². The first-order chi connectivity index (χ1) is 13.2. The van der Waals surface area contributed by atoms with E-state index < -0.39 is 0 Å². The van der Waals surface area contributed by atoms with Crippen molar-refractivity contribution >= 4 is 29.7 Å². The van der Waals surface area contributed by atoms with Crippen LogP contribution >= 0.6 is 23.7 Å². The third-order valence-corrected chi connectivity index (χ3v) is 7.48. The second-order valence-electron chi connectivity index (χ2n) is 8.27. The second-order valence-corrected chi connectivity index (χ2v) is 9.23. The largest absolute Gasteiger partial charge is 0.339 e. The van der Waals surface area contributed by atoms with Crippen molar-refractivity contribution < 1.29 is 4.79 Å². The Balaban J connectivity index is 0.00000192. The topological polar surface area (TPSA) is 63.1 Å². The van der Waals surface area contributed by atoms with Gasteiger partial charge in [0.15, 0.2) is 0 Å². The standard InChI is InChI=1S/C20H27N5OS.ClH/c1-13-2-3-15-16(12-27-17(15)10-13)20(26)24-7-4-14(5-8-24)19-23-22-18-11-21-6-9-25(18)19;/h12-14,21H,2-11H2,1H3;1H. The number of carbonyl (C=O) groups excluding carboxylic acids is 1. The highest BCUT2D eigenvalue weighted by atomic mass is 35.5. The maximum Gasteiger partial charge on any atom is 0.254 e. The van der Waals surface area contributed by atoms with Gasteiger partial charge in [0.25, 0.3) is 5.91 Å². The summed E-state index contributed by atoms with van der Waals surface area (Å²) >= 11 is 1.79. The molecule has 1 unspecified atom stereocenters. The van der Waals surface area contributed by atoms with Crippen molar-refractivity contribution in [3.8, 4) is 0 Å². The van der Waals surface area contributed by atoms with E-state index in [1.165, 1.54) is 16.9 Å². The van der Waals surface area contributed by atoms with E-state index in [1.54, 1.807) is 11.3 Å². The molecule has 28 heavy (non-hydrogen) atoms. The Bertz CT molecular complexity index is 855. The minimum Gasteiger partial charge on any atom is -0.339 e. The number of thiophene rings is 1. The Morgan fingerprint density at radius 3 is 2.86 bits per heavy atom. The molecule has 1 saturated heterocycles. The molecule has 1 N–H and O–H groups in total. The molecule has 1 atom stereocenters. The maximum atomic E-state index is 13.1. The summed E-state index contributed by atoms with van der Waals surface area (Å²) in [6.07, 6.45) is 5.39. The minimum absolute atomic E-state index is 0. The summed E-state index contributed by atoms with van der Waals surface area (Å²) in [6, 6.07) is 0. The molecule has 0 aromatic carbocycles. The number of amides is 1. The fraction of sp³-hybridized carbons (Fsp3) is 0.650. The SMILES string of the molecule is CC1CCc2c(C(=O)N3CCC(c4nnc5n4CCNC5)CC3)csc2C1.Cl. The van der Waals surface area contributed by atoms with E-state index >= 15 is 0 Å². The van der Waals surface area contributed by atoms with Crippen LogP contribution in [0, 0.1) is 5.92 Å². The van der Waals surface area contributed by atoms with Gasteiger partial charge in [-0.25, -0.2) is 0 Å². The molecule has 3 aliphatic rings. The third-order valence-electron chi connectivity index (χ3n) is 6.43. The quantitative estimate of drug-likeness (QED) is 0.809. The Kier molecular flexibility index (Phi) is 5.76. The molecule has 5 rings (SSSR count). The molecule has 0 radical (unpaired) electrons. The van der Waals surface area contributed by atoms with Gasteiger partial charge in [-0.1, -0.05) is 6.92 Å². The van der Waals surface area contributed by atoms with Gasteiger partial charge in [0.1, 0.15) is 11.6 Å². The highest BCUT2D eigenvalue weighted by molar-refractivity contribution is 7.10. The number of nitrogens with zero attached hydrogens (tertiary/aromatic N) is 4. The molecule has 4 heterocycles. The van der Waals surface area contributed by atoms with Crippen LogP contribution in [0.1, 0.15) is 64.6 Å². The smallest absolute Gasteiger partial charge is 0.254 e. The molecule has 2 aliphatic heterocycles. The van der Waals surface area contributed by atoms with Gasteiger partial charge in [-0.3, -0.25) is 4.79 Å². The lowest BCUT2D eigenvalue weighted by Gasteiger charge is -2.32. The summed E-state index contributed by atoms with van der Waals surface area (Å²) in [6.45, 7) is 6.71. The van der Waals surface area contributed by atoms with Crippen LogP contribution in [0.15, 0.2) is 5.38 Å². The van der Waals surface area contributed by atoms with Crippen LogP contribution in [-0.4, -0.2) is 45.2 Å². The van der Waals surface area contributed by atoms with Crippen LogP contribution in [-0.2, 0) is 25.9 Å². The molecule has 152 valence electrons. The number of halogens is 1. The fourth-order valence-electron chi connectivity index (χ4n) is 4.78. The van der Waals surface area contributed by atoms with Crippen molar-refractivity contribution in [3.05, 3.63) is 33.0 Å². The van der Waals surface area contributed by atoms with Crippen molar-refractivity contribution in [2.45, 2.75) is 58.0 Å². The molecule has 6 nitrogen and oxygen atoms in total. The average molecular weight is 422 g/mol. The molecule has 0 spiro atoms. The van der Waals surface area contributed by atoms with Crippen molar-refractivity contribution in [1.82, 2.24) is 25.0 Å². The van der Waals surface area contributed by atoms with Crippen LogP contribution < -0.4 is 5.32 Å². The average Bonchev–Trinajstić information content (AvgIpc) is 3.31. The normalized spacial score (nSPS) is 22.3. The maximum absolute atomic E-state index is 13.1. The van der Waals surface area contributed by atoms with Gasteiger partial charge in [0, 0.05) is 42.4 Å². The molecule has 2 aromatic heterocycles. The lowest BCUT2D eigenvalue weighted by molar-refractivity contribution is 0.0709. The number of nitrogens with one attached hydrogen (secondary N) is 1. The van der Waals surface area contributed by atoms with E-state index in [4.69, 9.17) is 0 Å². The van der Waals surface area contributed by atoms with Gasteiger partial charge in [-0.05, 0) is 43.6 Å². The number of rotatable bonds is 2. The first-order valence-corrected chi connectivity index (χ1v) is 11.1. The summed E-state index contributed by atoms with van der Waals surface area (Å²) in [4.78, 5) is 16.6.